The molecule has 0 saturated heterocycles. The van der Waals surface area contributed by atoms with E-state index in [1.165, 1.54) is 6.92 Å². The van der Waals surface area contributed by atoms with E-state index in [-0.39, 0.29) is 24.1 Å². The van der Waals surface area contributed by atoms with Gasteiger partial charge in [-0.1, -0.05) is 11.3 Å². The Morgan fingerprint density at radius 2 is 2.29 bits per heavy atom. The topological polar surface area (TPSA) is 81.4 Å². The number of anilines is 1. The first kappa shape index (κ1) is 15.2. The molecule has 0 aliphatic heterocycles. The molecule has 0 aliphatic rings. The number of ketones is 1. The Kier molecular flexibility index (Phi) is 4.74. The summed E-state index contributed by atoms with van der Waals surface area (Å²) in [7, 11) is 0. The first-order chi connectivity index (χ1) is 10.0. The van der Waals surface area contributed by atoms with Crippen molar-refractivity contribution in [3.63, 3.8) is 0 Å². The predicted molar refractivity (Wildman–Crippen MR) is 78.8 cm³/mol. The summed E-state index contributed by atoms with van der Waals surface area (Å²) in [5, 5.41) is 3.59. The molecule has 2 aromatic rings. The Labute approximate surface area is 126 Å². The highest BCUT2D eigenvalue weighted by Gasteiger charge is 2.23. The molecular formula is C14H16N2O4S. The van der Waals surface area contributed by atoms with Crippen LogP contribution in [0.15, 0.2) is 22.8 Å². The summed E-state index contributed by atoms with van der Waals surface area (Å²) < 4.78 is 10.2. The average molecular weight is 308 g/mol. The van der Waals surface area contributed by atoms with Crippen LogP contribution in [0.25, 0.3) is 0 Å². The minimum atomic E-state index is -0.586. The van der Waals surface area contributed by atoms with E-state index in [2.05, 4.69) is 10.3 Å². The molecule has 0 spiro atoms. The third kappa shape index (κ3) is 3.49. The lowest BCUT2D eigenvalue weighted by molar-refractivity contribution is 0.0517. The molecule has 7 heteroatoms. The van der Waals surface area contributed by atoms with E-state index in [4.69, 9.17) is 9.15 Å². The van der Waals surface area contributed by atoms with E-state index < -0.39 is 5.97 Å². The van der Waals surface area contributed by atoms with Gasteiger partial charge in [-0.05, 0) is 26.0 Å². The van der Waals surface area contributed by atoms with Gasteiger partial charge in [-0.2, -0.15) is 0 Å². The first-order valence-electron chi connectivity index (χ1n) is 6.51. The van der Waals surface area contributed by atoms with Crippen LogP contribution in [0.3, 0.4) is 0 Å². The third-order valence-electron chi connectivity index (χ3n) is 2.73. The predicted octanol–water partition coefficient (Wildman–Crippen LogP) is 3.29. The van der Waals surface area contributed by atoms with Crippen molar-refractivity contribution in [2.24, 2.45) is 0 Å². The third-order valence-corrected chi connectivity index (χ3v) is 3.81. The van der Waals surface area contributed by atoms with E-state index in [9.17, 15) is 9.59 Å². The second-order valence-corrected chi connectivity index (χ2v) is 5.35. The van der Waals surface area contributed by atoms with Crippen LogP contribution in [0, 0.1) is 0 Å². The number of furan rings is 1. The van der Waals surface area contributed by atoms with Crippen molar-refractivity contribution in [2.75, 3.05) is 11.9 Å². The molecule has 0 aliphatic carbocycles. The van der Waals surface area contributed by atoms with E-state index in [0.29, 0.717) is 10.0 Å². The number of carbonyl (C=O) groups is 2. The maximum atomic E-state index is 11.8. The summed E-state index contributed by atoms with van der Waals surface area (Å²) in [6.07, 6.45) is 1.58. The van der Waals surface area contributed by atoms with Gasteiger partial charge in [0.25, 0.3) is 0 Å². The molecule has 1 unspecified atom stereocenters. The van der Waals surface area contributed by atoms with E-state index in [0.717, 1.165) is 17.1 Å². The van der Waals surface area contributed by atoms with Crippen molar-refractivity contribution in [3.8, 4) is 0 Å². The number of nitrogens with zero attached hydrogens (tertiary/aromatic N) is 1. The van der Waals surface area contributed by atoms with Gasteiger partial charge in [-0.25, -0.2) is 9.78 Å². The molecule has 0 fully saturated rings. The lowest BCUT2D eigenvalue weighted by Crippen LogP contribution is -2.10. The maximum absolute atomic E-state index is 11.8. The van der Waals surface area contributed by atoms with E-state index in [1.54, 1.807) is 19.3 Å². The second-order valence-electron chi connectivity index (χ2n) is 4.35. The summed E-state index contributed by atoms with van der Waals surface area (Å²) in [5.41, 5.74) is 0.0588. The Bertz CT molecular complexity index is 633. The fourth-order valence-corrected chi connectivity index (χ4v) is 2.69. The van der Waals surface area contributed by atoms with Crippen LogP contribution in [0.1, 0.15) is 52.7 Å². The molecule has 2 aromatic heterocycles. The van der Waals surface area contributed by atoms with Crippen LogP contribution in [0.2, 0.25) is 0 Å². The number of hydrogen-bond acceptors (Lipinski definition) is 7. The number of ether oxygens (including phenoxy) is 1. The van der Waals surface area contributed by atoms with Gasteiger partial charge < -0.3 is 14.5 Å². The van der Waals surface area contributed by atoms with Crippen molar-refractivity contribution in [2.45, 2.75) is 26.8 Å². The quantitative estimate of drug-likeness (QED) is 0.651. The summed E-state index contributed by atoms with van der Waals surface area (Å²) >= 11 is 1.13. The highest BCUT2D eigenvalue weighted by molar-refractivity contribution is 7.17. The molecule has 2 rings (SSSR count). The van der Waals surface area contributed by atoms with Crippen LogP contribution < -0.4 is 5.32 Å². The van der Waals surface area contributed by atoms with E-state index in [1.807, 2.05) is 13.0 Å². The highest BCUT2D eigenvalue weighted by atomic mass is 32.1. The van der Waals surface area contributed by atoms with Crippen LogP contribution in [0.5, 0.6) is 0 Å². The number of rotatable bonds is 6. The van der Waals surface area contributed by atoms with E-state index >= 15 is 0 Å². The highest BCUT2D eigenvalue weighted by Crippen LogP contribution is 2.27. The average Bonchev–Trinajstić information content (AvgIpc) is 3.07. The summed E-state index contributed by atoms with van der Waals surface area (Å²) in [4.78, 5) is 27.9. The molecule has 0 aromatic carbocycles. The Balaban J connectivity index is 2.23. The monoisotopic (exact) mass is 308 g/mol. The number of hydrogen-bond donors (Lipinski definition) is 1. The van der Waals surface area contributed by atoms with Crippen LogP contribution in [-0.2, 0) is 4.74 Å². The zero-order chi connectivity index (χ0) is 15.4. The van der Waals surface area contributed by atoms with Gasteiger partial charge in [0.2, 0.25) is 0 Å². The fraction of sp³-hybridized carbons (Fsp3) is 0.357. The molecule has 112 valence electrons. The molecule has 0 saturated carbocycles. The Hall–Kier alpha value is -2.15. The lowest BCUT2D eigenvalue weighted by atomic mass is 10.2. The first-order valence-corrected chi connectivity index (χ1v) is 7.33. The lowest BCUT2D eigenvalue weighted by Gasteiger charge is -2.09. The SMILES string of the molecule is CCOC(=O)c1nc(NC(C)c2ccco2)sc1C(C)=O. The van der Waals surface area contributed by atoms with Gasteiger partial charge in [0.05, 0.1) is 18.9 Å². The van der Waals surface area contributed by atoms with Crippen LogP contribution >= 0.6 is 11.3 Å². The molecular weight excluding hydrogens is 292 g/mol. The standard InChI is InChI=1S/C14H16N2O4S/c1-4-19-13(18)11-12(9(3)17)21-14(16-11)15-8(2)10-6-5-7-20-10/h5-8H,4H2,1-3H3,(H,15,16). The second kappa shape index (κ2) is 6.53. The number of aromatic nitrogens is 1. The normalized spacial score (nSPS) is 12.0. The smallest absolute Gasteiger partial charge is 0.358 e. The molecule has 21 heavy (non-hydrogen) atoms. The molecule has 6 nitrogen and oxygen atoms in total. The summed E-state index contributed by atoms with van der Waals surface area (Å²) in [6.45, 7) is 5.24. The zero-order valence-corrected chi connectivity index (χ0v) is 12.8. The van der Waals surface area contributed by atoms with Gasteiger partial charge in [0, 0.05) is 6.92 Å². The Morgan fingerprint density at radius 1 is 1.52 bits per heavy atom. The Morgan fingerprint density at radius 3 is 2.86 bits per heavy atom. The number of thiazole rings is 1. The largest absolute Gasteiger partial charge is 0.467 e. The summed E-state index contributed by atoms with van der Waals surface area (Å²) in [5.74, 6) is -0.0563. The van der Waals surface area contributed by atoms with Crippen molar-refractivity contribution in [3.05, 3.63) is 34.7 Å². The molecule has 0 amide bonds. The number of Topliss-reactive ketones (excluding diaryl/α,β-unsaturated/α-hetero) is 1. The maximum Gasteiger partial charge on any atom is 0.358 e. The van der Waals surface area contributed by atoms with Gasteiger partial charge in [-0.3, -0.25) is 4.79 Å². The van der Waals surface area contributed by atoms with Gasteiger partial charge in [0.1, 0.15) is 10.6 Å². The van der Waals surface area contributed by atoms with Crippen molar-refractivity contribution in [1.29, 1.82) is 0 Å². The minimum Gasteiger partial charge on any atom is -0.467 e. The van der Waals surface area contributed by atoms with Gasteiger partial charge >= 0.3 is 5.97 Å². The van der Waals surface area contributed by atoms with Crippen molar-refractivity contribution in [1.82, 2.24) is 4.98 Å². The zero-order valence-electron chi connectivity index (χ0n) is 12.0. The minimum absolute atomic E-state index is 0.0588. The summed E-state index contributed by atoms with van der Waals surface area (Å²) in [6, 6.07) is 3.50. The van der Waals surface area contributed by atoms with Crippen molar-refractivity contribution >= 4 is 28.2 Å². The molecule has 1 atom stereocenters. The number of carbonyl (C=O) groups excluding carboxylic acids is 2. The molecule has 0 bridgehead atoms. The fourth-order valence-electron chi connectivity index (χ4n) is 1.75. The number of nitrogens with one attached hydrogen (secondary N) is 1. The molecule has 0 radical (unpaired) electrons. The number of esters is 1. The van der Waals surface area contributed by atoms with Gasteiger partial charge in [-0.15, -0.1) is 0 Å². The molecule has 1 N–H and O–H groups in total. The van der Waals surface area contributed by atoms with Crippen molar-refractivity contribution < 1.29 is 18.7 Å². The van der Waals surface area contributed by atoms with Crippen LogP contribution in [-0.4, -0.2) is 23.3 Å². The van der Waals surface area contributed by atoms with Crippen LogP contribution in [0.4, 0.5) is 5.13 Å². The van der Waals surface area contributed by atoms with Gasteiger partial charge in [0.15, 0.2) is 16.6 Å². The molecule has 2 heterocycles.